The molecule has 0 bridgehead atoms. The molecule has 0 saturated carbocycles. The number of hydrogen-bond acceptors (Lipinski definition) is 1. The van der Waals surface area contributed by atoms with Crippen molar-refractivity contribution in [2.45, 2.75) is 38.5 Å². The maximum atomic E-state index is 10.8. The third-order valence-electron chi connectivity index (χ3n) is 3.10. The van der Waals surface area contributed by atoms with Gasteiger partial charge >= 0.3 is 0 Å². The minimum atomic E-state index is -0.0107. The molecule has 2 rings (SSSR count). The Morgan fingerprint density at radius 3 is 2.87 bits per heavy atom. The Kier molecular flexibility index (Phi) is 3.47. The van der Waals surface area contributed by atoms with E-state index in [4.69, 9.17) is 0 Å². The van der Waals surface area contributed by atoms with Gasteiger partial charge in [-0.25, -0.2) is 0 Å². The number of benzene rings is 1. The van der Waals surface area contributed by atoms with Gasteiger partial charge in [-0.05, 0) is 48.8 Å². The van der Waals surface area contributed by atoms with Gasteiger partial charge in [0.1, 0.15) is 0 Å². The molecule has 1 aliphatic carbocycles. The number of carbonyl (C=O) groups is 1. The molecule has 0 fully saturated rings. The molecule has 1 aromatic carbocycles. The molecule has 0 aromatic heterocycles. The first-order valence-electron chi connectivity index (χ1n) is 5.59. The Bertz CT molecular complexity index is 371. The van der Waals surface area contributed by atoms with Gasteiger partial charge in [0.2, 0.25) is 0 Å². The van der Waals surface area contributed by atoms with Gasteiger partial charge in [-0.2, -0.15) is 0 Å². The second-order valence-electron chi connectivity index (χ2n) is 4.16. The van der Waals surface area contributed by atoms with Crippen molar-refractivity contribution in [1.29, 1.82) is 0 Å². The fourth-order valence-corrected chi connectivity index (χ4v) is 2.45. The first-order valence-corrected chi connectivity index (χ1v) is 6.03. The van der Waals surface area contributed by atoms with Crippen LogP contribution in [0.3, 0.4) is 0 Å². The molecule has 0 saturated heterocycles. The standard InChI is InChI=1S/C13H16OS/c14-13(15)9-8-11-6-3-5-10-4-1-2-7-12(10)11/h3,5-6H,1-2,4,7-9H2,(H,14,15). The lowest BCUT2D eigenvalue weighted by Crippen LogP contribution is -2.07. The largest absolute Gasteiger partial charge is 0.287 e. The molecule has 1 nitrogen and oxygen atoms in total. The number of rotatable bonds is 3. The first-order chi connectivity index (χ1) is 7.27. The zero-order valence-electron chi connectivity index (χ0n) is 8.83. The lowest BCUT2D eigenvalue weighted by molar-refractivity contribution is -0.110. The van der Waals surface area contributed by atoms with Crippen LogP contribution in [0.25, 0.3) is 0 Å². The average molecular weight is 220 g/mol. The van der Waals surface area contributed by atoms with Gasteiger partial charge in [0, 0.05) is 6.42 Å². The fraction of sp³-hybridized carbons (Fsp3) is 0.462. The van der Waals surface area contributed by atoms with Crippen molar-refractivity contribution in [3.8, 4) is 0 Å². The smallest absolute Gasteiger partial charge is 0.186 e. The van der Waals surface area contributed by atoms with Crippen molar-refractivity contribution in [2.24, 2.45) is 0 Å². The SMILES string of the molecule is O=C(S)CCc1cccc2c1CCCC2. The van der Waals surface area contributed by atoms with Crippen LogP contribution < -0.4 is 0 Å². The molecular weight excluding hydrogens is 204 g/mol. The van der Waals surface area contributed by atoms with E-state index >= 15 is 0 Å². The molecule has 0 aliphatic heterocycles. The van der Waals surface area contributed by atoms with E-state index < -0.39 is 0 Å². The molecule has 15 heavy (non-hydrogen) atoms. The second-order valence-corrected chi connectivity index (χ2v) is 4.65. The van der Waals surface area contributed by atoms with Gasteiger partial charge in [0.15, 0.2) is 5.12 Å². The summed E-state index contributed by atoms with van der Waals surface area (Å²) in [6.07, 6.45) is 6.40. The number of fused-ring (bicyclic) bond motifs is 1. The predicted molar refractivity (Wildman–Crippen MR) is 65.4 cm³/mol. The fourth-order valence-electron chi connectivity index (χ4n) is 2.34. The van der Waals surface area contributed by atoms with Crippen LogP contribution in [0.1, 0.15) is 36.0 Å². The zero-order valence-corrected chi connectivity index (χ0v) is 9.72. The highest BCUT2D eigenvalue weighted by Crippen LogP contribution is 2.25. The van der Waals surface area contributed by atoms with Crippen molar-refractivity contribution in [3.63, 3.8) is 0 Å². The lowest BCUT2D eigenvalue weighted by atomic mass is 9.87. The van der Waals surface area contributed by atoms with Crippen molar-refractivity contribution >= 4 is 17.7 Å². The molecule has 1 aliphatic rings. The van der Waals surface area contributed by atoms with Crippen molar-refractivity contribution < 1.29 is 4.79 Å². The van der Waals surface area contributed by atoms with Crippen LogP contribution in [0.15, 0.2) is 18.2 Å². The molecule has 1 aromatic rings. The summed E-state index contributed by atoms with van der Waals surface area (Å²) in [6, 6.07) is 6.49. The molecule has 0 atom stereocenters. The summed E-state index contributed by atoms with van der Waals surface area (Å²) in [4.78, 5) is 10.8. The maximum absolute atomic E-state index is 10.8. The summed E-state index contributed by atoms with van der Waals surface area (Å²) in [5.41, 5.74) is 4.35. The highest BCUT2D eigenvalue weighted by atomic mass is 32.1. The summed E-state index contributed by atoms with van der Waals surface area (Å²) in [7, 11) is 0. The molecule has 0 spiro atoms. The Balaban J connectivity index is 2.19. The minimum absolute atomic E-state index is 0.0107. The van der Waals surface area contributed by atoms with Gasteiger partial charge in [0.05, 0.1) is 0 Å². The summed E-state index contributed by atoms with van der Waals surface area (Å²) < 4.78 is 0. The van der Waals surface area contributed by atoms with Crippen LogP contribution >= 0.6 is 12.6 Å². The van der Waals surface area contributed by atoms with Crippen LogP contribution in [0, 0.1) is 0 Å². The third-order valence-corrected chi connectivity index (χ3v) is 3.32. The Morgan fingerprint density at radius 1 is 1.27 bits per heavy atom. The molecule has 0 unspecified atom stereocenters. The maximum Gasteiger partial charge on any atom is 0.186 e. The molecular formula is C13H16OS. The van der Waals surface area contributed by atoms with Crippen LogP contribution in [0.4, 0.5) is 0 Å². The monoisotopic (exact) mass is 220 g/mol. The van der Waals surface area contributed by atoms with E-state index in [1.807, 2.05) is 0 Å². The molecule has 0 radical (unpaired) electrons. The average Bonchev–Trinajstić information content (AvgIpc) is 2.26. The molecule has 0 amide bonds. The normalized spacial score (nSPS) is 14.7. The van der Waals surface area contributed by atoms with Gasteiger partial charge in [-0.15, -0.1) is 12.6 Å². The third kappa shape index (κ3) is 2.63. The van der Waals surface area contributed by atoms with Crippen molar-refractivity contribution in [2.75, 3.05) is 0 Å². The molecule has 0 N–H and O–H groups in total. The van der Waals surface area contributed by atoms with Crippen LogP contribution in [-0.4, -0.2) is 5.12 Å². The van der Waals surface area contributed by atoms with E-state index in [9.17, 15) is 4.79 Å². The summed E-state index contributed by atoms with van der Waals surface area (Å²) in [5, 5.41) is -0.0107. The van der Waals surface area contributed by atoms with E-state index in [0.29, 0.717) is 6.42 Å². The van der Waals surface area contributed by atoms with E-state index in [1.165, 1.54) is 42.4 Å². The Labute approximate surface area is 96.3 Å². The summed E-state index contributed by atoms with van der Waals surface area (Å²) in [6.45, 7) is 0. The second kappa shape index (κ2) is 4.84. The highest BCUT2D eigenvalue weighted by Gasteiger charge is 2.12. The molecule has 2 heteroatoms. The topological polar surface area (TPSA) is 17.1 Å². The van der Waals surface area contributed by atoms with Crippen LogP contribution in [-0.2, 0) is 24.1 Å². The van der Waals surface area contributed by atoms with Gasteiger partial charge in [0.25, 0.3) is 0 Å². The van der Waals surface area contributed by atoms with Gasteiger partial charge in [-0.1, -0.05) is 18.2 Å². The van der Waals surface area contributed by atoms with E-state index in [2.05, 4.69) is 30.8 Å². The van der Waals surface area contributed by atoms with E-state index in [-0.39, 0.29) is 5.12 Å². The first kappa shape index (κ1) is 10.7. The van der Waals surface area contributed by atoms with Gasteiger partial charge in [-0.3, -0.25) is 4.79 Å². The number of aryl methyl sites for hydroxylation is 2. The van der Waals surface area contributed by atoms with Crippen LogP contribution in [0.2, 0.25) is 0 Å². The van der Waals surface area contributed by atoms with Gasteiger partial charge < -0.3 is 0 Å². The quantitative estimate of drug-likeness (QED) is 0.775. The molecule has 80 valence electrons. The zero-order chi connectivity index (χ0) is 10.7. The van der Waals surface area contributed by atoms with E-state index in [0.717, 1.165) is 6.42 Å². The number of hydrogen-bond donors (Lipinski definition) is 1. The Morgan fingerprint density at radius 2 is 2.07 bits per heavy atom. The van der Waals surface area contributed by atoms with Crippen molar-refractivity contribution in [3.05, 3.63) is 34.9 Å². The minimum Gasteiger partial charge on any atom is -0.287 e. The number of carbonyl (C=O) groups excluding carboxylic acids is 1. The lowest BCUT2D eigenvalue weighted by Gasteiger charge is -2.18. The molecule has 0 heterocycles. The van der Waals surface area contributed by atoms with E-state index in [1.54, 1.807) is 0 Å². The predicted octanol–water partition coefficient (Wildman–Crippen LogP) is 2.95. The Hall–Kier alpha value is -0.760. The summed E-state index contributed by atoms with van der Waals surface area (Å²) in [5.74, 6) is 0. The highest BCUT2D eigenvalue weighted by molar-refractivity contribution is 7.96. The number of thiol groups is 1. The van der Waals surface area contributed by atoms with Crippen molar-refractivity contribution in [1.82, 2.24) is 0 Å². The summed E-state index contributed by atoms with van der Waals surface area (Å²) >= 11 is 3.82. The van der Waals surface area contributed by atoms with Crippen LogP contribution in [0.5, 0.6) is 0 Å².